The van der Waals surface area contributed by atoms with Crippen LogP contribution in [0.1, 0.15) is 154 Å². The van der Waals surface area contributed by atoms with E-state index in [1.165, 1.54) is 99.2 Å². The fourth-order valence-corrected chi connectivity index (χ4v) is 15.0. The molecular formula is C92H89Ir3N8O4PtS2-3. The van der Waals surface area contributed by atoms with Gasteiger partial charge in [0.1, 0.15) is 0 Å². The predicted molar refractivity (Wildman–Crippen MR) is 442 cm³/mol. The van der Waals surface area contributed by atoms with Crippen LogP contribution in [0.25, 0.3) is 119 Å². The van der Waals surface area contributed by atoms with Gasteiger partial charge in [-0.25, -0.2) is 21.3 Å². The van der Waals surface area contributed by atoms with Crippen molar-refractivity contribution in [1.29, 1.82) is 0 Å². The number of ketones is 2. The van der Waals surface area contributed by atoms with Crippen LogP contribution < -0.4 is 9.97 Å². The molecule has 2 aliphatic heterocycles. The molecule has 8 bridgehead atoms. The van der Waals surface area contributed by atoms with E-state index in [1.54, 1.807) is 22.7 Å². The summed E-state index contributed by atoms with van der Waals surface area (Å²) >= 11 is 3.44. The number of rotatable bonds is 14. The van der Waals surface area contributed by atoms with Gasteiger partial charge in [-0.05, 0) is 147 Å². The SMILES string of the molecule is CC(=O)C=C(C)O.CC(=O)C=C(C)O.CCC1=C(CC)c2cc3[n-]c(cc4nc(cc5[n-]c(cc1n2)c(CC)c5CC)C(CC)=C4CC)c(CC)c3CC.[Ir].[Ir].[Ir].[Pt+2].[c-]1c(-c2ccccn2)sc2ccccc12.[c-]1ccccc1-c1nc2ccccc2nc1-c1ccccc1.[c-]1ccccc1-c1nc2ccccc2s1. The van der Waals surface area contributed by atoms with Crippen LogP contribution in [0, 0.1) is 18.2 Å². The van der Waals surface area contributed by atoms with E-state index >= 15 is 0 Å². The van der Waals surface area contributed by atoms with Crippen LogP contribution in [0.3, 0.4) is 0 Å². The van der Waals surface area contributed by atoms with Crippen molar-refractivity contribution in [3.8, 4) is 43.7 Å². The van der Waals surface area contributed by atoms with Crippen molar-refractivity contribution in [2.45, 2.75) is 134 Å². The topological polar surface area (TPSA) is 180 Å². The van der Waals surface area contributed by atoms with E-state index in [1.807, 2.05) is 140 Å². The Hall–Kier alpha value is -8.68. The Morgan fingerprint density at radius 1 is 0.409 bits per heavy atom. The molecule has 0 unspecified atom stereocenters. The molecule has 0 fully saturated rings. The number of hydrogen-bond acceptors (Lipinski definition) is 12. The molecule has 3 radical (unpaired) electrons. The summed E-state index contributed by atoms with van der Waals surface area (Å²) < 4.78 is 2.49. The van der Waals surface area contributed by atoms with E-state index in [4.69, 9.17) is 40.1 Å². The number of carbonyl (C=O) groups is 2. The predicted octanol–water partition coefficient (Wildman–Crippen LogP) is 23.6. The number of allylic oxidation sites excluding steroid dienone is 8. The van der Waals surface area contributed by atoms with Gasteiger partial charge < -0.3 is 25.2 Å². The zero-order chi connectivity index (χ0) is 75.2. The summed E-state index contributed by atoms with van der Waals surface area (Å²) in [6.45, 7) is 23.6. The second kappa shape index (κ2) is 44.4. The number of pyridine rings is 1. The molecule has 573 valence electrons. The van der Waals surface area contributed by atoms with E-state index in [0.717, 1.165) is 156 Å². The number of carbonyl (C=O) groups excluding carboxylic acids is 2. The minimum absolute atomic E-state index is 0. The molecule has 0 saturated heterocycles. The van der Waals surface area contributed by atoms with Gasteiger partial charge in [0, 0.05) is 99.8 Å². The number of nitrogens with zero attached hydrogens (tertiary/aromatic N) is 8. The maximum Gasteiger partial charge on any atom is 2.00 e. The van der Waals surface area contributed by atoms with Crippen molar-refractivity contribution in [3.05, 3.63) is 287 Å². The Bertz CT molecular complexity index is 5010. The smallest absolute Gasteiger partial charge is 0.657 e. The molecule has 0 aliphatic carbocycles. The third kappa shape index (κ3) is 23.0. The molecule has 2 aliphatic rings. The Morgan fingerprint density at radius 2 is 0.809 bits per heavy atom. The third-order valence-corrected chi connectivity index (χ3v) is 19.9. The van der Waals surface area contributed by atoms with Crippen LogP contribution >= 0.6 is 22.7 Å². The molecule has 13 aromatic rings. The van der Waals surface area contributed by atoms with E-state index in [0.29, 0.717) is 0 Å². The number of aliphatic hydroxyl groups is 2. The first-order valence-electron chi connectivity index (χ1n) is 36.3. The van der Waals surface area contributed by atoms with Gasteiger partial charge >= 0.3 is 21.1 Å². The number of hydrogen-bond donors (Lipinski definition) is 2. The van der Waals surface area contributed by atoms with Crippen LogP contribution in [0.15, 0.2) is 224 Å². The molecule has 0 atom stereocenters. The van der Waals surface area contributed by atoms with Gasteiger partial charge in [-0.2, -0.15) is 11.3 Å². The third-order valence-electron chi connectivity index (χ3n) is 17.7. The normalized spacial score (nSPS) is 11.5. The number of aromatic nitrogens is 8. The number of thiophene rings is 1. The number of fused-ring (bicyclic) bond motifs is 11. The second-order valence-electron chi connectivity index (χ2n) is 25.1. The summed E-state index contributed by atoms with van der Waals surface area (Å²) in [6, 6.07) is 75.1. The van der Waals surface area contributed by atoms with Crippen molar-refractivity contribution in [1.82, 2.24) is 39.9 Å². The van der Waals surface area contributed by atoms with Crippen LogP contribution in [0.5, 0.6) is 0 Å². The molecule has 0 spiro atoms. The van der Waals surface area contributed by atoms with E-state index in [-0.39, 0.29) is 104 Å². The molecule has 12 nitrogen and oxygen atoms in total. The van der Waals surface area contributed by atoms with Crippen LogP contribution in [-0.2, 0) is 117 Å². The summed E-state index contributed by atoms with van der Waals surface area (Å²) in [5, 5.41) is 18.9. The van der Waals surface area contributed by atoms with Crippen LogP contribution in [-0.4, -0.2) is 51.7 Å². The molecule has 6 aromatic carbocycles. The van der Waals surface area contributed by atoms with E-state index in [2.05, 4.69) is 144 Å². The quantitative estimate of drug-likeness (QED) is 0.0598. The molecular weight excluding hydrogens is 2120 g/mol. The fraction of sp³-hybridized carbons (Fsp3) is 0.217. The van der Waals surface area contributed by atoms with Crippen molar-refractivity contribution < 1.29 is 101 Å². The van der Waals surface area contributed by atoms with Crippen molar-refractivity contribution in [2.75, 3.05) is 0 Å². The Labute approximate surface area is 709 Å². The number of para-hydroxylation sites is 3. The molecule has 7 aromatic heterocycles. The van der Waals surface area contributed by atoms with E-state index < -0.39 is 0 Å². The number of aryl methyl sites for hydroxylation is 4. The average molecular weight is 2210 g/mol. The van der Waals surface area contributed by atoms with Gasteiger partial charge in [0.2, 0.25) is 0 Å². The summed E-state index contributed by atoms with van der Waals surface area (Å²) in [7, 11) is 0. The van der Waals surface area contributed by atoms with Crippen LogP contribution in [0.2, 0.25) is 0 Å². The zero-order valence-electron chi connectivity index (χ0n) is 63.8. The largest absolute Gasteiger partial charge is 2.00 e. The summed E-state index contributed by atoms with van der Waals surface area (Å²) in [4.78, 5) is 60.7. The molecule has 9 heterocycles. The van der Waals surface area contributed by atoms with Crippen molar-refractivity contribution in [2.24, 2.45) is 0 Å². The Balaban J connectivity index is 0.000000228. The number of benzene rings is 6. The second-order valence-corrected chi connectivity index (χ2v) is 27.2. The van der Waals surface area contributed by atoms with Gasteiger partial charge in [-0.1, -0.05) is 181 Å². The molecule has 110 heavy (non-hydrogen) atoms. The van der Waals surface area contributed by atoms with Crippen molar-refractivity contribution >= 4 is 110 Å². The zero-order valence-corrected chi connectivity index (χ0v) is 74.9. The number of thiazole rings is 1. The standard InChI is InChI=1S/C36H44N4.C20H13N2.2C13H8NS.2C5H8O2.3Ir.Pt/c1-9-21-22(10-2)30-18-32-25(13-5)26(14-6)34(39-32)20-36-28(16-8)27(15-7)35(40-36)19-33-24(12-4)23(11-3)31(38-33)17-29(21)37-30;1-3-9-15(10-4-1)19-20(16-11-5-2-6-12-16)22-18-14-8-7-13-17(18)21-19;1-2-7-12-10(5-1)9-13(15-12)11-6-3-4-8-14-11;1-2-6-10(7-3-1)13-14-11-8-4-5-9-12(11)15-13;2*1-4(6)3-5(2)7;;;;/h17-20H,9-16H2,1-8H3;1-11,13-14H;1-8H;1-6,8-9H;2*3,6H,1-2H3;;;;/q-2;3*-1;;;;;;+2. The maximum atomic E-state index is 10.0. The minimum atomic E-state index is -0.125. The van der Waals surface area contributed by atoms with Gasteiger partial charge in [-0.3, -0.25) is 24.5 Å². The van der Waals surface area contributed by atoms with Gasteiger partial charge in [0.25, 0.3) is 0 Å². The number of aliphatic hydroxyl groups excluding tert-OH is 2. The monoisotopic (exact) mass is 2210 g/mol. The van der Waals surface area contributed by atoms with Gasteiger partial charge in [-0.15, -0.1) is 117 Å². The molecule has 18 heteroatoms. The first-order valence-corrected chi connectivity index (χ1v) is 38.0. The molecule has 0 amide bonds. The maximum absolute atomic E-state index is 10.0. The summed E-state index contributed by atoms with van der Waals surface area (Å²) in [6.07, 6.45) is 11.7. The average Bonchev–Trinajstić information content (AvgIpc) is 0.806. The van der Waals surface area contributed by atoms with Gasteiger partial charge in [0.05, 0.1) is 56.5 Å². The van der Waals surface area contributed by atoms with Crippen molar-refractivity contribution in [3.63, 3.8) is 0 Å². The van der Waals surface area contributed by atoms with Gasteiger partial charge in [0.15, 0.2) is 11.6 Å². The molecule has 0 saturated carbocycles. The van der Waals surface area contributed by atoms with E-state index in [9.17, 15) is 9.59 Å². The first-order chi connectivity index (χ1) is 51.5. The molecule has 15 rings (SSSR count). The molecule has 2 N–H and O–H groups in total. The van der Waals surface area contributed by atoms with Crippen LogP contribution in [0.4, 0.5) is 0 Å². The first kappa shape index (κ1) is 90.2. The minimum Gasteiger partial charge on any atom is -0.657 e. The summed E-state index contributed by atoms with van der Waals surface area (Å²) in [5.74, 6) is -0.125. The Morgan fingerprint density at radius 3 is 1.19 bits per heavy atom. The summed E-state index contributed by atoms with van der Waals surface area (Å²) in [5.41, 5.74) is 27.9. The Kier molecular flexibility index (Phi) is 36.4. The fourth-order valence-electron chi connectivity index (χ4n) is 13.1.